The van der Waals surface area contributed by atoms with Gasteiger partial charge in [-0.1, -0.05) is 13.8 Å². The molecule has 0 aromatic rings. The van der Waals surface area contributed by atoms with Crippen LogP contribution in [0.2, 0.25) is 0 Å². The third-order valence-corrected chi connectivity index (χ3v) is 2.65. The number of hydrogen-bond donors (Lipinski definition) is 3. The van der Waals surface area contributed by atoms with Gasteiger partial charge in [0.05, 0.1) is 19.8 Å². The Morgan fingerprint density at radius 1 is 0.957 bits per heavy atom. The van der Waals surface area contributed by atoms with Crippen molar-refractivity contribution >= 4 is 17.6 Å². The van der Waals surface area contributed by atoms with Crippen LogP contribution in [-0.2, 0) is 42.4 Å². The van der Waals surface area contributed by atoms with E-state index in [2.05, 4.69) is 10.6 Å². The number of hydrogen-bond acceptors (Lipinski definition) is 6. The molecule has 0 aliphatic rings. The minimum atomic E-state index is -0.566. The number of nitrogens with one attached hydrogen (secondary N) is 2. The molecule has 0 aliphatic carbocycles. The molecule has 0 heterocycles. The monoisotopic (exact) mass is 369 g/mol. The molecule has 23 heavy (non-hydrogen) atoms. The third-order valence-electron chi connectivity index (χ3n) is 2.65. The quantitative estimate of drug-likeness (QED) is 0.354. The smallest absolute Gasteiger partial charge is 0.246 e. The number of Topliss-reactive ketones (excluding diaryl/α,β-unsaturated/α-hetero) is 1. The summed E-state index contributed by atoms with van der Waals surface area (Å²) in [4.78, 5) is 33.3. The first-order valence-corrected chi connectivity index (χ1v) is 7.29. The SMILES string of the molecule is CC(C)C(=O)CCOCCNC(=O)COCCNC(=O)CO.[V]. The Bertz CT molecular complexity index is 352. The first-order valence-electron chi connectivity index (χ1n) is 7.29. The molecule has 0 bridgehead atoms. The molecule has 2 amide bonds. The fourth-order valence-corrected chi connectivity index (χ4v) is 1.36. The standard InChI is InChI=1S/C14H26N2O6.V/c1-11(2)12(18)3-6-21-7-4-16-14(20)10-22-8-5-15-13(19)9-17;/h11,17H,3-10H2,1-2H3,(H,15,19)(H,16,20);. The van der Waals surface area contributed by atoms with Crippen molar-refractivity contribution in [3.8, 4) is 0 Å². The molecular weight excluding hydrogens is 343 g/mol. The van der Waals surface area contributed by atoms with E-state index < -0.39 is 12.5 Å². The Hall–Kier alpha value is -0.926. The number of ether oxygens (including phenoxy) is 2. The van der Waals surface area contributed by atoms with E-state index in [1.807, 2.05) is 13.8 Å². The maximum atomic E-state index is 11.4. The van der Waals surface area contributed by atoms with Gasteiger partial charge in [0.15, 0.2) is 0 Å². The number of rotatable bonds is 13. The predicted octanol–water partition coefficient (Wildman–Crippen LogP) is -1.14. The van der Waals surface area contributed by atoms with E-state index in [0.29, 0.717) is 26.2 Å². The van der Waals surface area contributed by atoms with Gasteiger partial charge in [-0.2, -0.15) is 0 Å². The maximum absolute atomic E-state index is 11.4. The van der Waals surface area contributed by atoms with Crippen LogP contribution in [-0.4, -0.2) is 68.8 Å². The van der Waals surface area contributed by atoms with Crippen LogP contribution in [0, 0.1) is 5.92 Å². The van der Waals surface area contributed by atoms with Crippen LogP contribution in [0.3, 0.4) is 0 Å². The third kappa shape index (κ3) is 15.7. The molecule has 0 aromatic carbocycles. The Morgan fingerprint density at radius 3 is 2.09 bits per heavy atom. The Labute approximate surface area is 148 Å². The number of amides is 2. The van der Waals surface area contributed by atoms with Crippen molar-refractivity contribution in [3.05, 3.63) is 0 Å². The predicted molar refractivity (Wildman–Crippen MR) is 79.2 cm³/mol. The van der Waals surface area contributed by atoms with Crippen molar-refractivity contribution in [2.24, 2.45) is 5.92 Å². The first-order chi connectivity index (χ1) is 10.5. The number of aliphatic hydroxyl groups excluding tert-OH is 1. The molecule has 0 unspecified atom stereocenters. The molecule has 3 N–H and O–H groups in total. The molecule has 0 spiro atoms. The van der Waals surface area contributed by atoms with Gasteiger partial charge >= 0.3 is 0 Å². The summed E-state index contributed by atoms with van der Waals surface area (Å²) in [5, 5.41) is 13.4. The fraction of sp³-hybridized carbons (Fsp3) is 0.786. The van der Waals surface area contributed by atoms with Crippen molar-refractivity contribution in [2.75, 3.05) is 46.1 Å². The normalized spacial score (nSPS) is 10.1. The summed E-state index contributed by atoms with van der Waals surface area (Å²) < 4.78 is 10.3. The van der Waals surface area contributed by atoms with Crippen LogP contribution >= 0.6 is 0 Å². The zero-order valence-corrected chi connectivity index (χ0v) is 15.1. The molecule has 0 atom stereocenters. The topological polar surface area (TPSA) is 114 Å². The largest absolute Gasteiger partial charge is 0.387 e. The van der Waals surface area contributed by atoms with Crippen molar-refractivity contribution in [1.29, 1.82) is 0 Å². The minimum Gasteiger partial charge on any atom is -0.387 e. The van der Waals surface area contributed by atoms with Crippen molar-refractivity contribution in [1.82, 2.24) is 10.6 Å². The van der Waals surface area contributed by atoms with E-state index in [1.54, 1.807) is 0 Å². The molecule has 0 saturated heterocycles. The average molecular weight is 369 g/mol. The number of aliphatic hydroxyl groups is 1. The molecule has 0 fully saturated rings. The van der Waals surface area contributed by atoms with Gasteiger partial charge in [0, 0.05) is 44.0 Å². The Balaban J connectivity index is 0. The van der Waals surface area contributed by atoms with Gasteiger partial charge in [-0.3, -0.25) is 14.4 Å². The molecular formula is C14H26N2O6V. The van der Waals surface area contributed by atoms with Crippen molar-refractivity contribution < 1.29 is 47.5 Å². The van der Waals surface area contributed by atoms with E-state index >= 15 is 0 Å². The van der Waals surface area contributed by atoms with Gasteiger partial charge in [0.25, 0.3) is 0 Å². The molecule has 8 nitrogen and oxygen atoms in total. The van der Waals surface area contributed by atoms with Crippen LogP contribution in [0.15, 0.2) is 0 Å². The summed E-state index contributed by atoms with van der Waals surface area (Å²) >= 11 is 0. The minimum absolute atomic E-state index is 0. The van der Waals surface area contributed by atoms with Gasteiger partial charge < -0.3 is 25.2 Å². The summed E-state index contributed by atoms with van der Waals surface area (Å²) in [6.45, 7) is 4.48. The first kappa shape index (κ1) is 24.3. The second-order valence-electron chi connectivity index (χ2n) is 4.89. The van der Waals surface area contributed by atoms with Gasteiger partial charge in [-0.15, -0.1) is 0 Å². The summed E-state index contributed by atoms with van der Waals surface area (Å²) in [7, 11) is 0. The van der Waals surface area contributed by atoms with E-state index in [4.69, 9.17) is 14.6 Å². The van der Waals surface area contributed by atoms with Crippen LogP contribution in [0.25, 0.3) is 0 Å². The van der Waals surface area contributed by atoms with E-state index in [-0.39, 0.29) is 55.9 Å². The second-order valence-corrected chi connectivity index (χ2v) is 4.89. The van der Waals surface area contributed by atoms with Crippen LogP contribution < -0.4 is 10.6 Å². The van der Waals surface area contributed by atoms with Crippen LogP contribution in [0.5, 0.6) is 0 Å². The molecule has 1 radical (unpaired) electrons. The maximum Gasteiger partial charge on any atom is 0.246 e. The molecule has 133 valence electrons. The molecule has 9 heteroatoms. The van der Waals surface area contributed by atoms with Gasteiger partial charge in [0.1, 0.15) is 19.0 Å². The van der Waals surface area contributed by atoms with Gasteiger partial charge in [-0.25, -0.2) is 0 Å². The fourth-order valence-electron chi connectivity index (χ4n) is 1.36. The van der Waals surface area contributed by atoms with Crippen molar-refractivity contribution in [2.45, 2.75) is 20.3 Å². The van der Waals surface area contributed by atoms with Crippen molar-refractivity contribution in [3.63, 3.8) is 0 Å². The van der Waals surface area contributed by atoms with Gasteiger partial charge in [-0.05, 0) is 0 Å². The second kappa shape index (κ2) is 16.0. The molecule has 0 aliphatic heterocycles. The number of ketones is 1. The molecule has 0 saturated carbocycles. The Kier molecular flexibility index (Phi) is 16.9. The average Bonchev–Trinajstić information content (AvgIpc) is 2.49. The number of carbonyl (C=O) groups excluding carboxylic acids is 3. The Morgan fingerprint density at radius 2 is 1.52 bits per heavy atom. The van der Waals surface area contributed by atoms with E-state index in [0.717, 1.165) is 0 Å². The van der Waals surface area contributed by atoms with E-state index in [1.165, 1.54) is 0 Å². The zero-order valence-electron chi connectivity index (χ0n) is 13.7. The summed E-state index contributed by atoms with van der Waals surface area (Å²) in [5.41, 5.74) is 0. The summed E-state index contributed by atoms with van der Waals surface area (Å²) in [5.74, 6) is -0.593. The summed E-state index contributed by atoms with van der Waals surface area (Å²) in [6.07, 6.45) is 0.383. The molecule has 0 aromatic heterocycles. The zero-order chi connectivity index (χ0) is 16.8. The van der Waals surface area contributed by atoms with E-state index in [9.17, 15) is 14.4 Å². The van der Waals surface area contributed by atoms with Gasteiger partial charge in [0.2, 0.25) is 11.8 Å². The van der Waals surface area contributed by atoms with Crippen LogP contribution in [0.1, 0.15) is 20.3 Å². The molecule has 0 rings (SSSR count). The number of carbonyl (C=O) groups is 3. The van der Waals surface area contributed by atoms with Crippen LogP contribution in [0.4, 0.5) is 0 Å². The summed E-state index contributed by atoms with van der Waals surface area (Å²) in [6, 6.07) is 0.